The Morgan fingerprint density at radius 2 is 1.73 bits per heavy atom. The normalized spacial score (nSPS) is 11.5. The smallest absolute Gasteiger partial charge is 0.326 e. The number of carbonyl (C=O) groups is 2. The number of anilines is 1. The summed E-state index contributed by atoms with van der Waals surface area (Å²) in [6.45, 7) is 6.15. The van der Waals surface area contributed by atoms with Gasteiger partial charge in [0.2, 0.25) is 0 Å². The van der Waals surface area contributed by atoms with Gasteiger partial charge in [-0.25, -0.2) is 13.6 Å². The number of urea groups is 1. The molecule has 2 aromatic rings. The third kappa shape index (κ3) is 6.70. The zero-order chi connectivity index (χ0) is 22.1. The van der Waals surface area contributed by atoms with E-state index in [1.165, 1.54) is 6.07 Å². The summed E-state index contributed by atoms with van der Waals surface area (Å²) in [7, 11) is 0. The Bertz CT molecular complexity index is 893. The molecule has 0 saturated carbocycles. The topological polar surface area (TPSA) is 93.3 Å². The van der Waals surface area contributed by atoms with E-state index in [-0.39, 0.29) is 12.1 Å². The summed E-state index contributed by atoms with van der Waals surface area (Å²) >= 11 is 0. The van der Waals surface area contributed by atoms with Gasteiger partial charge in [0.15, 0.2) is 18.0 Å². The lowest BCUT2D eigenvalue weighted by atomic mass is 10.1. The Morgan fingerprint density at radius 3 is 2.40 bits per heavy atom. The van der Waals surface area contributed by atoms with Gasteiger partial charge in [-0.2, -0.15) is 0 Å². The molecule has 0 fully saturated rings. The van der Waals surface area contributed by atoms with Crippen molar-refractivity contribution in [2.45, 2.75) is 26.8 Å². The summed E-state index contributed by atoms with van der Waals surface area (Å²) in [6, 6.07) is 7.04. The predicted molar refractivity (Wildman–Crippen MR) is 108 cm³/mol. The maximum absolute atomic E-state index is 13.8. The van der Waals surface area contributed by atoms with Gasteiger partial charge in [0, 0.05) is 23.4 Å². The quantitative estimate of drug-likeness (QED) is 0.579. The van der Waals surface area contributed by atoms with Crippen molar-refractivity contribution in [3.8, 4) is 11.5 Å². The van der Waals surface area contributed by atoms with Gasteiger partial charge in [0.05, 0.1) is 13.2 Å². The minimum Gasteiger partial charge on any atom is -0.490 e. The van der Waals surface area contributed by atoms with Crippen LogP contribution in [0, 0.1) is 11.6 Å². The molecule has 0 aliphatic heterocycles. The fraction of sp³-hybridized carbons (Fsp3) is 0.333. The van der Waals surface area contributed by atoms with Gasteiger partial charge in [-0.05, 0) is 45.0 Å². The van der Waals surface area contributed by atoms with Crippen LogP contribution in [-0.2, 0) is 4.79 Å². The molecule has 9 heteroatoms. The molecule has 4 N–H and O–H groups in total. The van der Waals surface area contributed by atoms with Crippen molar-refractivity contribution in [2.75, 3.05) is 25.1 Å². The molecular formula is C21H26F2N3O4+. The molecule has 0 aromatic heterocycles. The average molecular weight is 422 g/mol. The van der Waals surface area contributed by atoms with E-state index in [1.807, 2.05) is 13.8 Å². The van der Waals surface area contributed by atoms with E-state index in [4.69, 9.17) is 9.47 Å². The van der Waals surface area contributed by atoms with Gasteiger partial charge in [0.25, 0.3) is 5.91 Å². The van der Waals surface area contributed by atoms with Crippen molar-refractivity contribution < 1.29 is 33.2 Å². The summed E-state index contributed by atoms with van der Waals surface area (Å²) < 4.78 is 37.8. The average Bonchev–Trinajstić information content (AvgIpc) is 2.68. The second kappa shape index (κ2) is 11.1. The summed E-state index contributed by atoms with van der Waals surface area (Å²) in [5.41, 5.74) is 0.699. The number of hydrogen-bond acceptors (Lipinski definition) is 4. The molecule has 162 valence electrons. The van der Waals surface area contributed by atoms with Gasteiger partial charge >= 0.3 is 6.03 Å². The third-order valence-electron chi connectivity index (χ3n) is 4.16. The first-order valence-corrected chi connectivity index (χ1v) is 9.62. The number of nitrogens with two attached hydrogens (primary N) is 1. The third-order valence-corrected chi connectivity index (χ3v) is 4.16. The minimum absolute atomic E-state index is 0.112. The van der Waals surface area contributed by atoms with Crippen LogP contribution in [0.15, 0.2) is 36.4 Å². The number of benzene rings is 2. The number of amides is 3. The van der Waals surface area contributed by atoms with Gasteiger partial charge in [-0.3, -0.25) is 10.1 Å². The molecule has 0 spiro atoms. The van der Waals surface area contributed by atoms with Crippen LogP contribution in [0.5, 0.6) is 11.5 Å². The number of nitrogens with one attached hydrogen (secondary N) is 2. The first-order chi connectivity index (χ1) is 14.3. The van der Waals surface area contributed by atoms with Crippen LogP contribution in [-0.4, -0.2) is 31.7 Å². The number of rotatable bonds is 9. The number of hydrogen-bond donors (Lipinski definition) is 3. The second-order valence-electron chi connectivity index (χ2n) is 6.42. The number of carbonyl (C=O) groups excluding carboxylic acids is 2. The Balaban J connectivity index is 1.88. The molecule has 7 nitrogen and oxygen atoms in total. The molecule has 0 unspecified atom stereocenters. The Kier molecular flexibility index (Phi) is 8.54. The predicted octanol–water partition coefficient (Wildman–Crippen LogP) is 2.73. The first kappa shape index (κ1) is 23.1. The molecule has 0 aliphatic carbocycles. The molecule has 2 aromatic carbocycles. The lowest BCUT2D eigenvalue weighted by Gasteiger charge is -2.14. The fourth-order valence-corrected chi connectivity index (χ4v) is 2.75. The van der Waals surface area contributed by atoms with Gasteiger partial charge < -0.3 is 20.1 Å². The maximum atomic E-state index is 13.8. The van der Waals surface area contributed by atoms with Crippen LogP contribution in [0.2, 0.25) is 0 Å². The maximum Gasteiger partial charge on any atom is 0.326 e. The van der Waals surface area contributed by atoms with E-state index in [0.717, 1.165) is 12.1 Å². The lowest BCUT2D eigenvalue weighted by Crippen LogP contribution is -2.87. The molecule has 3 amide bonds. The number of halogens is 2. The molecule has 0 saturated heterocycles. The van der Waals surface area contributed by atoms with Gasteiger partial charge in [-0.15, -0.1) is 0 Å². The molecule has 0 aliphatic rings. The number of imide groups is 1. The Morgan fingerprint density at radius 1 is 1.03 bits per heavy atom. The highest BCUT2D eigenvalue weighted by Crippen LogP contribution is 2.30. The van der Waals surface area contributed by atoms with Crippen molar-refractivity contribution in [3.63, 3.8) is 0 Å². The van der Waals surface area contributed by atoms with Gasteiger partial charge in [-0.1, -0.05) is 0 Å². The summed E-state index contributed by atoms with van der Waals surface area (Å²) in [6.07, 6.45) is 0. The van der Waals surface area contributed by atoms with E-state index in [0.29, 0.717) is 30.4 Å². The highest BCUT2D eigenvalue weighted by molar-refractivity contribution is 6.01. The van der Waals surface area contributed by atoms with Crippen molar-refractivity contribution in [3.05, 3.63) is 53.6 Å². The molecule has 30 heavy (non-hydrogen) atoms. The second-order valence-corrected chi connectivity index (χ2v) is 6.42. The van der Waals surface area contributed by atoms with Crippen molar-refractivity contribution >= 4 is 17.6 Å². The van der Waals surface area contributed by atoms with Crippen LogP contribution in [0.4, 0.5) is 19.3 Å². The van der Waals surface area contributed by atoms with E-state index in [9.17, 15) is 18.4 Å². The van der Waals surface area contributed by atoms with E-state index >= 15 is 0 Å². The van der Waals surface area contributed by atoms with Crippen molar-refractivity contribution in [2.24, 2.45) is 0 Å². The molecule has 2 rings (SSSR count). The molecule has 0 radical (unpaired) electrons. The Labute approximate surface area is 173 Å². The molecular weight excluding hydrogens is 396 g/mol. The summed E-state index contributed by atoms with van der Waals surface area (Å²) in [4.78, 5) is 24.1. The standard InChI is InChI=1S/C21H25F2N3O4/c1-4-29-18-9-7-15(11-19(18)30-5-2)25-21(28)26-20(27)12-24-13(3)16-8-6-14(22)10-17(16)23/h6-11,13,24H,4-5,12H2,1-3H3,(H2,25,26,27,28)/p+1/t13-/m0/s1. The van der Waals surface area contributed by atoms with Crippen LogP contribution in [0.25, 0.3) is 0 Å². The molecule has 0 heterocycles. The van der Waals surface area contributed by atoms with E-state index in [2.05, 4.69) is 10.6 Å². The Hall–Kier alpha value is -3.20. The summed E-state index contributed by atoms with van der Waals surface area (Å²) in [5, 5.41) is 6.30. The molecule has 0 bridgehead atoms. The monoisotopic (exact) mass is 422 g/mol. The van der Waals surface area contributed by atoms with Crippen LogP contribution in [0.3, 0.4) is 0 Å². The minimum atomic E-state index is -0.708. The first-order valence-electron chi connectivity index (χ1n) is 9.62. The SMILES string of the molecule is CCOc1ccc(NC(=O)NC(=O)C[NH2+][C@@H](C)c2ccc(F)cc2F)cc1OCC. The number of quaternary nitrogens is 1. The molecule has 1 atom stereocenters. The summed E-state index contributed by atoms with van der Waals surface area (Å²) in [5.74, 6) is -0.875. The van der Waals surface area contributed by atoms with Crippen LogP contribution in [0.1, 0.15) is 32.4 Å². The fourth-order valence-electron chi connectivity index (χ4n) is 2.75. The largest absolute Gasteiger partial charge is 0.490 e. The highest BCUT2D eigenvalue weighted by atomic mass is 19.1. The van der Waals surface area contributed by atoms with Crippen molar-refractivity contribution in [1.82, 2.24) is 5.32 Å². The van der Waals surface area contributed by atoms with E-state index in [1.54, 1.807) is 30.4 Å². The van der Waals surface area contributed by atoms with Gasteiger partial charge in [0.1, 0.15) is 17.7 Å². The van der Waals surface area contributed by atoms with Crippen molar-refractivity contribution in [1.29, 1.82) is 0 Å². The zero-order valence-electron chi connectivity index (χ0n) is 17.1. The highest BCUT2D eigenvalue weighted by Gasteiger charge is 2.17. The van der Waals surface area contributed by atoms with Crippen LogP contribution < -0.4 is 25.4 Å². The number of ether oxygens (including phenoxy) is 2. The van der Waals surface area contributed by atoms with E-state index < -0.39 is 29.6 Å². The lowest BCUT2D eigenvalue weighted by molar-refractivity contribution is -0.682. The zero-order valence-corrected chi connectivity index (χ0v) is 17.1. The van der Waals surface area contributed by atoms with Crippen LogP contribution >= 0.6 is 0 Å².